The fourth-order valence-corrected chi connectivity index (χ4v) is 1.76. The molecule has 3 heteroatoms. The van der Waals surface area contributed by atoms with Crippen molar-refractivity contribution in [2.45, 2.75) is 40.0 Å². The second-order valence-corrected chi connectivity index (χ2v) is 4.90. The maximum absolute atomic E-state index is 11.1. The van der Waals surface area contributed by atoms with Crippen molar-refractivity contribution < 1.29 is 9.59 Å². The lowest BCUT2D eigenvalue weighted by atomic mass is 9.96. The van der Waals surface area contributed by atoms with Crippen LogP contribution in [0.3, 0.4) is 0 Å². The minimum Gasteiger partial charge on any atom is -0.349 e. The molecule has 1 rings (SSSR count). The van der Waals surface area contributed by atoms with Crippen LogP contribution in [-0.2, 0) is 16.0 Å². The predicted molar refractivity (Wildman–Crippen MR) is 72.7 cm³/mol. The highest BCUT2D eigenvalue weighted by Gasteiger charge is 2.07. The van der Waals surface area contributed by atoms with E-state index < -0.39 is 11.7 Å². The molecule has 0 saturated carbocycles. The first-order chi connectivity index (χ1) is 8.41. The standard InChI is InChI=1S/C15H21NO2/c1-10(2)13-6-5-11(3)14(9-13)7-8-16-15(18)12(4)17/h5-6,9-10H,7-8H2,1-4H3,(H,16,18). The van der Waals surface area contributed by atoms with Gasteiger partial charge in [0.2, 0.25) is 5.78 Å². The van der Waals surface area contributed by atoms with Gasteiger partial charge in [-0.1, -0.05) is 32.0 Å². The zero-order valence-corrected chi connectivity index (χ0v) is 11.5. The number of hydrogen-bond donors (Lipinski definition) is 1. The van der Waals surface area contributed by atoms with Gasteiger partial charge in [-0.2, -0.15) is 0 Å². The summed E-state index contributed by atoms with van der Waals surface area (Å²) in [5.74, 6) is -0.452. The molecule has 0 aromatic heterocycles. The second-order valence-electron chi connectivity index (χ2n) is 4.90. The molecule has 0 bridgehead atoms. The smallest absolute Gasteiger partial charge is 0.287 e. The van der Waals surface area contributed by atoms with Gasteiger partial charge in [0.25, 0.3) is 5.91 Å². The normalized spacial score (nSPS) is 10.5. The van der Waals surface area contributed by atoms with Gasteiger partial charge in [0.1, 0.15) is 0 Å². The van der Waals surface area contributed by atoms with E-state index in [9.17, 15) is 9.59 Å². The van der Waals surface area contributed by atoms with Crippen LogP contribution in [0.4, 0.5) is 0 Å². The number of Topliss-reactive ketones (excluding diaryl/α,β-unsaturated/α-hetero) is 1. The summed E-state index contributed by atoms with van der Waals surface area (Å²) in [7, 11) is 0. The van der Waals surface area contributed by atoms with Crippen molar-refractivity contribution in [2.24, 2.45) is 0 Å². The van der Waals surface area contributed by atoms with Crippen LogP contribution in [0.5, 0.6) is 0 Å². The van der Waals surface area contributed by atoms with Crippen molar-refractivity contribution in [3.8, 4) is 0 Å². The molecular weight excluding hydrogens is 226 g/mol. The minimum atomic E-state index is -0.507. The second kappa shape index (κ2) is 6.34. The summed E-state index contributed by atoms with van der Waals surface area (Å²) in [6, 6.07) is 6.43. The Hall–Kier alpha value is -1.64. The average molecular weight is 247 g/mol. The Labute approximate surface area is 109 Å². The first kappa shape index (κ1) is 14.4. The van der Waals surface area contributed by atoms with Crippen LogP contribution in [0.1, 0.15) is 43.4 Å². The first-order valence-corrected chi connectivity index (χ1v) is 6.30. The SMILES string of the molecule is CC(=O)C(=O)NCCc1cc(C(C)C)ccc1C. The van der Waals surface area contributed by atoms with Crippen LogP contribution < -0.4 is 5.32 Å². The number of carbonyl (C=O) groups excluding carboxylic acids is 2. The summed E-state index contributed by atoms with van der Waals surface area (Å²) >= 11 is 0. The molecule has 0 spiro atoms. The Bertz CT molecular complexity index is 450. The molecule has 18 heavy (non-hydrogen) atoms. The zero-order valence-electron chi connectivity index (χ0n) is 11.5. The Morgan fingerprint density at radius 3 is 2.50 bits per heavy atom. The molecule has 0 heterocycles. The number of carbonyl (C=O) groups is 2. The van der Waals surface area contributed by atoms with Crippen molar-refractivity contribution in [2.75, 3.05) is 6.54 Å². The molecular formula is C15H21NO2. The fraction of sp³-hybridized carbons (Fsp3) is 0.467. The van der Waals surface area contributed by atoms with Crippen LogP contribution in [0.25, 0.3) is 0 Å². The van der Waals surface area contributed by atoms with E-state index in [0.717, 1.165) is 6.42 Å². The molecule has 0 saturated heterocycles. The van der Waals surface area contributed by atoms with E-state index in [0.29, 0.717) is 12.5 Å². The van der Waals surface area contributed by atoms with Gasteiger partial charge in [-0.25, -0.2) is 0 Å². The van der Waals surface area contributed by atoms with Gasteiger partial charge in [0.15, 0.2) is 0 Å². The highest BCUT2D eigenvalue weighted by Crippen LogP contribution is 2.18. The number of nitrogens with one attached hydrogen (secondary N) is 1. The molecule has 0 radical (unpaired) electrons. The maximum atomic E-state index is 11.1. The van der Waals surface area contributed by atoms with Crippen molar-refractivity contribution in [3.05, 3.63) is 34.9 Å². The lowest BCUT2D eigenvalue weighted by Crippen LogP contribution is -2.30. The molecule has 1 N–H and O–H groups in total. The highest BCUT2D eigenvalue weighted by molar-refractivity contribution is 6.35. The quantitative estimate of drug-likeness (QED) is 0.812. The van der Waals surface area contributed by atoms with Gasteiger partial charge >= 0.3 is 0 Å². The van der Waals surface area contributed by atoms with E-state index >= 15 is 0 Å². The summed E-state index contributed by atoms with van der Waals surface area (Å²) in [4.78, 5) is 21.9. The summed E-state index contributed by atoms with van der Waals surface area (Å²) in [6.45, 7) is 8.16. The number of benzene rings is 1. The summed E-state index contributed by atoms with van der Waals surface area (Å²) < 4.78 is 0. The third kappa shape index (κ3) is 3.99. The number of rotatable bonds is 5. The van der Waals surface area contributed by atoms with Gasteiger partial charge in [-0.05, 0) is 36.0 Å². The van der Waals surface area contributed by atoms with Gasteiger partial charge in [-0.3, -0.25) is 9.59 Å². The lowest BCUT2D eigenvalue weighted by Gasteiger charge is -2.11. The molecule has 1 aromatic carbocycles. The van der Waals surface area contributed by atoms with E-state index in [4.69, 9.17) is 0 Å². The monoisotopic (exact) mass is 247 g/mol. The third-order valence-corrected chi connectivity index (χ3v) is 3.04. The van der Waals surface area contributed by atoms with Crippen LogP contribution in [0, 0.1) is 6.92 Å². The average Bonchev–Trinajstić information content (AvgIpc) is 2.30. The summed E-state index contributed by atoms with van der Waals surface area (Å²) in [5, 5.41) is 2.62. The van der Waals surface area contributed by atoms with Gasteiger partial charge < -0.3 is 5.32 Å². The molecule has 0 aliphatic heterocycles. The van der Waals surface area contributed by atoms with E-state index in [1.807, 2.05) is 0 Å². The van der Waals surface area contributed by atoms with Crippen LogP contribution in [-0.4, -0.2) is 18.2 Å². The largest absolute Gasteiger partial charge is 0.349 e. The van der Waals surface area contributed by atoms with Crippen LogP contribution >= 0.6 is 0 Å². The number of aryl methyl sites for hydroxylation is 1. The third-order valence-electron chi connectivity index (χ3n) is 3.04. The number of ketones is 1. The van der Waals surface area contributed by atoms with E-state index in [1.54, 1.807) is 0 Å². The molecule has 1 amide bonds. The molecule has 0 aliphatic rings. The van der Waals surface area contributed by atoms with E-state index in [2.05, 4.69) is 44.3 Å². The Morgan fingerprint density at radius 1 is 1.28 bits per heavy atom. The van der Waals surface area contributed by atoms with Gasteiger partial charge in [-0.15, -0.1) is 0 Å². The molecule has 1 aromatic rings. The lowest BCUT2D eigenvalue weighted by molar-refractivity contribution is -0.136. The zero-order chi connectivity index (χ0) is 13.7. The molecule has 98 valence electrons. The van der Waals surface area contributed by atoms with Gasteiger partial charge in [0, 0.05) is 13.5 Å². The van der Waals surface area contributed by atoms with Crippen molar-refractivity contribution in [1.29, 1.82) is 0 Å². The van der Waals surface area contributed by atoms with E-state index in [1.165, 1.54) is 23.6 Å². The van der Waals surface area contributed by atoms with Crippen molar-refractivity contribution in [1.82, 2.24) is 5.32 Å². The molecule has 0 aliphatic carbocycles. The number of amides is 1. The predicted octanol–water partition coefficient (Wildman–Crippen LogP) is 2.37. The fourth-order valence-electron chi connectivity index (χ4n) is 1.76. The molecule has 0 atom stereocenters. The Balaban J connectivity index is 2.64. The molecule has 0 fully saturated rings. The highest BCUT2D eigenvalue weighted by atomic mass is 16.2. The first-order valence-electron chi connectivity index (χ1n) is 6.30. The topological polar surface area (TPSA) is 46.2 Å². The van der Waals surface area contributed by atoms with Crippen LogP contribution in [0.15, 0.2) is 18.2 Å². The summed E-state index contributed by atoms with van der Waals surface area (Å²) in [6.07, 6.45) is 0.755. The minimum absolute atomic E-state index is 0.442. The summed E-state index contributed by atoms with van der Waals surface area (Å²) in [5.41, 5.74) is 3.75. The van der Waals surface area contributed by atoms with Crippen LogP contribution in [0.2, 0.25) is 0 Å². The maximum Gasteiger partial charge on any atom is 0.287 e. The van der Waals surface area contributed by atoms with Crippen molar-refractivity contribution >= 4 is 11.7 Å². The Kier molecular flexibility index (Phi) is 5.08. The Morgan fingerprint density at radius 2 is 1.94 bits per heavy atom. The number of hydrogen-bond acceptors (Lipinski definition) is 2. The molecule has 3 nitrogen and oxygen atoms in total. The van der Waals surface area contributed by atoms with E-state index in [-0.39, 0.29) is 0 Å². The van der Waals surface area contributed by atoms with Crippen molar-refractivity contribution in [3.63, 3.8) is 0 Å². The van der Waals surface area contributed by atoms with Gasteiger partial charge in [0.05, 0.1) is 0 Å². The molecule has 0 unspecified atom stereocenters.